The Bertz CT molecular complexity index is 413. The van der Waals surface area contributed by atoms with Crippen LogP contribution in [0.2, 0.25) is 0 Å². The topological polar surface area (TPSA) is 35.5 Å². The summed E-state index contributed by atoms with van der Waals surface area (Å²) < 4.78 is 10.5. The van der Waals surface area contributed by atoms with Gasteiger partial charge in [-0.05, 0) is 18.6 Å². The Labute approximate surface area is 122 Å². The largest absolute Gasteiger partial charge is 0.493 e. The molecule has 0 spiro atoms. The fraction of sp³-hybridized carbons (Fsp3) is 0.588. The highest BCUT2D eigenvalue weighted by atomic mass is 16.5. The zero-order chi connectivity index (χ0) is 14.8. The van der Waals surface area contributed by atoms with Crippen LogP contribution in [0.5, 0.6) is 11.5 Å². The lowest BCUT2D eigenvalue weighted by Gasteiger charge is -2.11. The number of carbonyl (C=O) groups excluding carboxylic acids is 1. The average Bonchev–Trinajstić information content (AvgIpc) is 2.49. The molecule has 0 aliphatic rings. The minimum atomic E-state index is 0.135. The molecule has 0 aliphatic carbocycles. The first kappa shape index (κ1) is 16.5. The molecule has 0 N–H and O–H groups in total. The number of hydrogen-bond donors (Lipinski definition) is 0. The number of ketones is 1. The average molecular weight is 278 g/mol. The minimum Gasteiger partial charge on any atom is -0.493 e. The molecule has 0 fully saturated rings. The maximum Gasteiger partial charge on any atom is 0.171 e. The van der Waals surface area contributed by atoms with Gasteiger partial charge in [-0.2, -0.15) is 0 Å². The van der Waals surface area contributed by atoms with E-state index in [-0.39, 0.29) is 5.78 Å². The molecule has 0 heterocycles. The Morgan fingerprint density at radius 2 is 1.70 bits per heavy atom. The van der Waals surface area contributed by atoms with E-state index >= 15 is 0 Å². The van der Waals surface area contributed by atoms with E-state index in [2.05, 4.69) is 6.92 Å². The summed E-state index contributed by atoms with van der Waals surface area (Å²) >= 11 is 0. The quantitative estimate of drug-likeness (QED) is 0.462. The Morgan fingerprint density at radius 1 is 1.00 bits per heavy atom. The van der Waals surface area contributed by atoms with Crippen LogP contribution in [0.25, 0.3) is 0 Å². The summed E-state index contributed by atoms with van der Waals surface area (Å²) in [5.74, 6) is 1.29. The molecule has 0 saturated heterocycles. The van der Waals surface area contributed by atoms with Gasteiger partial charge in [-0.25, -0.2) is 0 Å². The number of methoxy groups -OCH3 is 2. The summed E-state index contributed by atoms with van der Waals surface area (Å²) in [6.07, 6.45) is 7.68. The van der Waals surface area contributed by atoms with Crippen molar-refractivity contribution in [3.05, 3.63) is 23.8 Å². The molecule has 0 unspecified atom stereocenters. The molecule has 20 heavy (non-hydrogen) atoms. The van der Waals surface area contributed by atoms with Gasteiger partial charge in [0.15, 0.2) is 17.3 Å². The van der Waals surface area contributed by atoms with Crippen LogP contribution in [0.3, 0.4) is 0 Å². The first-order valence-corrected chi connectivity index (χ1v) is 7.48. The van der Waals surface area contributed by atoms with Gasteiger partial charge in [-0.3, -0.25) is 4.79 Å². The molecule has 0 atom stereocenters. The Morgan fingerprint density at radius 3 is 2.35 bits per heavy atom. The van der Waals surface area contributed by atoms with Gasteiger partial charge in [0.1, 0.15) is 0 Å². The highest BCUT2D eigenvalue weighted by Gasteiger charge is 2.15. The maximum absolute atomic E-state index is 12.2. The molecule has 0 aliphatic heterocycles. The number of unbranched alkanes of at least 4 members (excludes halogenated alkanes) is 5. The van der Waals surface area contributed by atoms with Crippen LogP contribution < -0.4 is 9.47 Å². The molecule has 1 aromatic rings. The lowest BCUT2D eigenvalue weighted by atomic mass is 10.0. The molecule has 1 aromatic carbocycles. The summed E-state index contributed by atoms with van der Waals surface area (Å²) in [6, 6.07) is 5.44. The van der Waals surface area contributed by atoms with E-state index in [9.17, 15) is 4.79 Å². The third kappa shape index (κ3) is 4.87. The molecular weight excluding hydrogens is 252 g/mol. The van der Waals surface area contributed by atoms with Crippen molar-refractivity contribution in [2.24, 2.45) is 0 Å². The van der Waals surface area contributed by atoms with Gasteiger partial charge >= 0.3 is 0 Å². The highest BCUT2D eigenvalue weighted by molar-refractivity contribution is 5.99. The Kier molecular flexibility index (Phi) is 7.78. The van der Waals surface area contributed by atoms with Crippen LogP contribution in [-0.4, -0.2) is 20.0 Å². The fourth-order valence-corrected chi connectivity index (χ4v) is 2.31. The van der Waals surface area contributed by atoms with E-state index in [1.165, 1.54) is 25.7 Å². The van der Waals surface area contributed by atoms with Crippen molar-refractivity contribution in [2.75, 3.05) is 14.2 Å². The van der Waals surface area contributed by atoms with E-state index in [1.807, 2.05) is 6.07 Å². The van der Waals surface area contributed by atoms with Crippen molar-refractivity contribution >= 4 is 5.78 Å². The molecule has 3 nitrogen and oxygen atoms in total. The summed E-state index contributed by atoms with van der Waals surface area (Å²) in [5, 5.41) is 0. The lowest BCUT2D eigenvalue weighted by Crippen LogP contribution is -2.03. The Balaban J connectivity index is 2.51. The van der Waals surface area contributed by atoms with Crippen molar-refractivity contribution in [1.82, 2.24) is 0 Å². The molecular formula is C17H26O3. The van der Waals surface area contributed by atoms with Crippen LogP contribution in [0.4, 0.5) is 0 Å². The number of hydrogen-bond acceptors (Lipinski definition) is 3. The van der Waals surface area contributed by atoms with Crippen molar-refractivity contribution in [3.63, 3.8) is 0 Å². The number of rotatable bonds is 10. The number of ether oxygens (including phenoxy) is 2. The summed E-state index contributed by atoms with van der Waals surface area (Å²) in [5.41, 5.74) is 0.625. The van der Waals surface area contributed by atoms with E-state index in [1.54, 1.807) is 26.4 Å². The van der Waals surface area contributed by atoms with Gasteiger partial charge in [0, 0.05) is 6.42 Å². The summed E-state index contributed by atoms with van der Waals surface area (Å²) in [4.78, 5) is 12.2. The van der Waals surface area contributed by atoms with Crippen LogP contribution >= 0.6 is 0 Å². The fourth-order valence-electron chi connectivity index (χ4n) is 2.31. The second kappa shape index (κ2) is 9.40. The third-order valence-corrected chi connectivity index (χ3v) is 3.46. The van der Waals surface area contributed by atoms with Crippen LogP contribution in [0, 0.1) is 0 Å². The van der Waals surface area contributed by atoms with E-state index in [0.29, 0.717) is 23.5 Å². The van der Waals surface area contributed by atoms with Gasteiger partial charge in [-0.15, -0.1) is 0 Å². The van der Waals surface area contributed by atoms with Crippen molar-refractivity contribution in [1.29, 1.82) is 0 Å². The van der Waals surface area contributed by atoms with E-state index in [0.717, 1.165) is 12.8 Å². The van der Waals surface area contributed by atoms with Gasteiger partial charge < -0.3 is 9.47 Å². The lowest BCUT2D eigenvalue weighted by molar-refractivity contribution is 0.0975. The number of Topliss-reactive ketones (excluding diaryl/α,β-unsaturated/α-hetero) is 1. The predicted octanol–water partition coefficient (Wildman–Crippen LogP) is 4.64. The molecule has 0 aromatic heterocycles. The van der Waals surface area contributed by atoms with E-state index < -0.39 is 0 Å². The van der Waals surface area contributed by atoms with Gasteiger partial charge in [0.2, 0.25) is 0 Å². The molecule has 3 heteroatoms. The van der Waals surface area contributed by atoms with Gasteiger partial charge in [0.05, 0.1) is 19.8 Å². The van der Waals surface area contributed by atoms with Crippen molar-refractivity contribution in [3.8, 4) is 11.5 Å². The second-order valence-electron chi connectivity index (χ2n) is 4.98. The number of benzene rings is 1. The Hall–Kier alpha value is -1.51. The molecule has 0 radical (unpaired) electrons. The minimum absolute atomic E-state index is 0.135. The normalized spacial score (nSPS) is 10.3. The zero-order valence-electron chi connectivity index (χ0n) is 12.9. The predicted molar refractivity (Wildman–Crippen MR) is 81.9 cm³/mol. The maximum atomic E-state index is 12.2. The summed E-state index contributed by atoms with van der Waals surface area (Å²) in [7, 11) is 3.15. The zero-order valence-corrected chi connectivity index (χ0v) is 12.9. The molecule has 0 saturated carbocycles. The van der Waals surface area contributed by atoms with E-state index in [4.69, 9.17) is 9.47 Å². The summed E-state index contributed by atoms with van der Waals surface area (Å²) in [6.45, 7) is 2.21. The number of para-hydroxylation sites is 1. The first-order chi connectivity index (χ1) is 9.74. The highest BCUT2D eigenvalue weighted by Crippen LogP contribution is 2.31. The van der Waals surface area contributed by atoms with Crippen molar-refractivity contribution < 1.29 is 14.3 Å². The molecule has 112 valence electrons. The van der Waals surface area contributed by atoms with Crippen molar-refractivity contribution in [2.45, 2.75) is 51.9 Å². The molecule has 1 rings (SSSR count). The van der Waals surface area contributed by atoms with Crippen LogP contribution in [-0.2, 0) is 0 Å². The first-order valence-electron chi connectivity index (χ1n) is 7.48. The smallest absolute Gasteiger partial charge is 0.171 e. The van der Waals surface area contributed by atoms with Crippen LogP contribution in [0.1, 0.15) is 62.2 Å². The van der Waals surface area contributed by atoms with Crippen LogP contribution in [0.15, 0.2) is 18.2 Å². The monoisotopic (exact) mass is 278 g/mol. The third-order valence-electron chi connectivity index (χ3n) is 3.46. The SMILES string of the molecule is CCCCCCCCC(=O)c1cccc(OC)c1OC. The van der Waals surface area contributed by atoms with Gasteiger partial charge in [-0.1, -0.05) is 45.1 Å². The molecule has 0 bridgehead atoms. The number of carbonyl (C=O) groups is 1. The molecule has 0 amide bonds. The standard InChI is InChI=1S/C17H26O3/c1-4-5-6-7-8-9-12-15(18)14-11-10-13-16(19-2)17(14)20-3/h10-11,13H,4-9,12H2,1-3H3. The second-order valence-corrected chi connectivity index (χ2v) is 4.98. The van der Waals surface area contributed by atoms with Gasteiger partial charge in [0.25, 0.3) is 0 Å².